The maximum absolute atomic E-state index is 9.79. The highest BCUT2D eigenvalue weighted by Gasteiger charge is 2.09. The van der Waals surface area contributed by atoms with Crippen LogP contribution in [0.5, 0.6) is 0 Å². The molecule has 0 amide bonds. The first-order valence-electron chi connectivity index (χ1n) is 3.29. The molecule has 0 aromatic carbocycles. The molecule has 2 heteroatoms. The van der Waals surface area contributed by atoms with E-state index >= 15 is 0 Å². The van der Waals surface area contributed by atoms with Crippen LogP contribution in [-0.2, 0) is 4.79 Å². The summed E-state index contributed by atoms with van der Waals surface area (Å²) >= 11 is 0. The lowest BCUT2D eigenvalue weighted by molar-refractivity contribution is 0.520. The van der Waals surface area contributed by atoms with Gasteiger partial charge in [-0.2, -0.15) is 0 Å². The standard InChI is InChI=1S/C8H11NO/c1-4-8(5-2)7(3)9-6-10/h1,7-8H,5H2,2-3H3/t7-,8-/m0/s1. The van der Waals surface area contributed by atoms with Crippen LogP contribution < -0.4 is 0 Å². The van der Waals surface area contributed by atoms with Gasteiger partial charge in [-0.05, 0) is 13.3 Å². The topological polar surface area (TPSA) is 29.4 Å². The Balaban J connectivity index is 4.04. The fraction of sp³-hybridized carbons (Fsp3) is 0.625. The van der Waals surface area contributed by atoms with Crippen molar-refractivity contribution in [1.29, 1.82) is 0 Å². The van der Waals surface area contributed by atoms with E-state index in [9.17, 15) is 4.79 Å². The minimum Gasteiger partial charge on any atom is -0.211 e. The Labute approximate surface area is 61.3 Å². The first kappa shape index (κ1) is 8.94. The van der Waals surface area contributed by atoms with Crippen LogP contribution in [0.15, 0.2) is 4.99 Å². The summed E-state index contributed by atoms with van der Waals surface area (Å²) in [7, 11) is 0. The van der Waals surface area contributed by atoms with Crippen molar-refractivity contribution < 1.29 is 4.79 Å². The molecule has 0 saturated heterocycles. The highest BCUT2D eigenvalue weighted by atomic mass is 16.1. The summed E-state index contributed by atoms with van der Waals surface area (Å²) in [6, 6.07) is -0.0903. The molecule has 10 heavy (non-hydrogen) atoms. The fourth-order valence-corrected chi connectivity index (χ4v) is 0.771. The van der Waals surface area contributed by atoms with Crippen LogP contribution in [0.3, 0.4) is 0 Å². The van der Waals surface area contributed by atoms with Gasteiger partial charge in [0, 0.05) is 5.92 Å². The van der Waals surface area contributed by atoms with Crippen molar-refractivity contribution in [3.05, 3.63) is 0 Å². The second-order valence-corrected chi connectivity index (χ2v) is 2.14. The lowest BCUT2D eigenvalue weighted by Gasteiger charge is -2.09. The second-order valence-electron chi connectivity index (χ2n) is 2.14. The number of carbonyl (C=O) groups excluding carboxylic acids is 1. The highest BCUT2D eigenvalue weighted by molar-refractivity contribution is 5.33. The summed E-state index contributed by atoms with van der Waals surface area (Å²) in [5.74, 6) is 2.63. The van der Waals surface area contributed by atoms with Gasteiger partial charge in [-0.15, -0.1) is 12.3 Å². The van der Waals surface area contributed by atoms with Crippen LogP contribution in [0.2, 0.25) is 0 Å². The van der Waals surface area contributed by atoms with E-state index < -0.39 is 0 Å². The summed E-state index contributed by atoms with van der Waals surface area (Å²) in [5.41, 5.74) is 0. The van der Waals surface area contributed by atoms with Crippen molar-refractivity contribution in [2.75, 3.05) is 0 Å². The zero-order valence-electron chi connectivity index (χ0n) is 6.29. The van der Waals surface area contributed by atoms with Gasteiger partial charge < -0.3 is 0 Å². The summed E-state index contributed by atoms with van der Waals surface area (Å²) < 4.78 is 0. The number of hydrogen-bond acceptors (Lipinski definition) is 2. The molecule has 0 aromatic rings. The van der Waals surface area contributed by atoms with Gasteiger partial charge in [0.1, 0.15) is 0 Å². The summed E-state index contributed by atoms with van der Waals surface area (Å²) in [6.45, 7) is 3.79. The molecule has 0 aliphatic carbocycles. The molecule has 0 aromatic heterocycles. The molecule has 0 aliphatic rings. The Kier molecular flexibility index (Phi) is 4.28. The molecule has 0 unspecified atom stereocenters. The molecule has 0 N–H and O–H groups in total. The Morgan fingerprint density at radius 2 is 2.30 bits per heavy atom. The molecule has 0 rings (SSSR count). The minimum absolute atomic E-state index is 0.0708. The zero-order chi connectivity index (χ0) is 7.98. The monoisotopic (exact) mass is 137 g/mol. The number of aliphatic imine (C=N–C) groups is 1. The van der Waals surface area contributed by atoms with Gasteiger partial charge in [0.15, 0.2) is 0 Å². The number of hydrogen-bond donors (Lipinski definition) is 0. The van der Waals surface area contributed by atoms with E-state index in [4.69, 9.17) is 6.42 Å². The largest absolute Gasteiger partial charge is 0.235 e. The van der Waals surface area contributed by atoms with Crippen LogP contribution in [0, 0.1) is 18.3 Å². The van der Waals surface area contributed by atoms with Gasteiger partial charge >= 0.3 is 0 Å². The van der Waals surface area contributed by atoms with E-state index in [0.29, 0.717) is 0 Å². The lowest BCUT2D eigenvalue weighted by Crippen LogP contribution is -2.11. The molecule has 0 saturated carbocycles. The molecular formula is C8H11NO. The first-order chi connectivity index (χ1) is 4.76. The Morgan fingerprint density at radius 1 is 1.70 bits per heavy atom. The predicted molar refractivity (Wildman–Crippen MR) is 40.2 cm³/mol. The highest BCUT2D eigenvalue weighted by Crippen LogP contribution is 2.09. The Morgan fingerprint density at radius 3 is 2.60 bits per heavy atom. The van der Waals surface area contributed by atoms with E-state index in [2.05, 4.69) is 10.9 Å². The Hall–Kier alpha value is -1.06. The Bertz CT molecular complexity index is 174. The van der Waals surface area contributed by atoms with E-state index in [1.165, 1.54) is 6.08 Å². The maximum Gasteiger partial charge on any atom is 0.235 e. The van der Waals surface area contributed by atoms with E-state index in [-0.39, 0.29) is 12.0 Å². The number of nitrogens with zero attached hydrogens (tertiary/aromatic N) is 1. The average molecular weight is 137 g/mol. The van der Waals surface area contributed by atoms with Crippen molar-refractivity contribution in [3.8, 4) is 12.3 Å². The molecule has 0 bridgehead atoms. The normalized spacial score (nSPS) is 14.5. The zero-order valence-corrected chi connectivity index (χ0v) is 6.29. The minimum atomic E-state index is -0.0903. The molecule has 2 nitrogen and oxygen atoms in total. The summed E-state index contributed by atoms with van der Waals surface area (Å²) in [6.07, 6.45) is 7.52. The fourth-order valence-electron chi connectivity index (χ4n) is 0.771. The lowest BCUT2D eigenvalue weighted by atomic mass is 10.0. The quantitative estimate of drug-likeness (QED) is 0.328. The van der Waals surface area contributed by atoms with E-state index in [0.717, 1.165) is 6.42 Å². The van der Waals surface area contributed by atoms with E-state index in [1.807, 2.05) is 13.8 Å². The number of isocyanates is 1. The van der Waals surface area contributed by atoms with Crippen LogP contribution in [0.25, 0.3) is 0 Å². The molecule has 0 aliphatic heterocycles. The molecule has 0 radical (unpaired) electrons. The molecule has 0 heterocycles. The van der Waals surface area contributed by atoms with Crippen molar-refractivity contribution in [2.45, 2.75) is 26.3 Å². The third kappa shape index (κ3) is 2.48. The maximum atomic E-state index is 9.79. The molecule has 2 atom stereocenters. The van der Waals surface area contributed by atoms with Crippen LogP contribution >= 0.6 is 0 Å². The molecule has 0 fully saturated rings. The second kappa shape index (κ2) is 4.78. The number of rotatable bonds is 3. The van der Waals surface area contributed by atoms with Crippen molar-refractivity contribution >= 4 is 6.08 Å². The van der Waals surface area contributed by atoms with Gasteiger partial charge in [-0.25, -0.2) is 9.79 Å². The van der Waals surface area contributed by atoms with Gasteiger partial charge in [0.05, 0.1) is 6.04 Å². The van der Waals surface area contributed by atoms with E-state index in [1.54, 1.807) is 0 Å². The summed E-state index contributed by atoms with van der Waals surface area (Å²) in [5, 5.41) is 0. The van der Waals surface area contributed by atoms with Crippen molar-refractivity contribution in [3.63, 3.8) is 0 Å². The average Bonchev–Trinajstić information content (AvgIpc) is 1.91. The predicted octanol–water partition coefficient (Wildman–Crippen LogP) is 1.37. The van der Waals surface area contributed by atoms with Crippen LogP contribution in [0.1, 0.15) is 20.3 Å². The SMILES string of the molecule is C#C[C@@H](CC)[C@H](C)N=C=O. The van der Waals surface area contributed by atoms with Gasteiger partial charge in [0.25, 0.3) is 0 Å². The van der Waals surface area contributed by atoms with Gasteiger partial charge in [0.2, 0.25) is 6.08 Å². The third-order valence-electron chi connectivity index (χ3n) is 1.49. The van der Waals surface area contributed by atoms with Gasteiger partial charge in [-0.3, -0.25) is 0 Å². The van der Waals surface area contributed by atoms with Crippen LogP contribution in [0.4, 0.5) is 0 Å². The van der Waals surface area contributed by atoms with Crippen molar-refractivity contribution in [2.24, 2.45) is 10.9 Å². The summed E-state index contributed by atoms with van der Waals surface area (Å²) in [4.78, 5) is 13.3. The molecule has 54 valence electrons. The first-order valence-corrected chi connectivity index (χ1v) is 3.29. The third-order valence-corrected chi connectivity index (χ3v) is 1.49. The molecular weight excluding hydrogens is 126 g/mol. The van der Waals surface area contributed by atoms with Crippen LogP contribution in [-0.4, -0.2) is 12.1 Å². The molecule has 0 spiro atoms. The smallest absolute Gasteiger partial charge is 0.211 e. The van der Waals surface area contributed by atoms with Gasteiger partial charge in [-0.1, -0.05) is 6.92 Å². The number of terminal acetylenes is 1. The van der Waals surface area contributed by atoms with Crippen molar-refractivity contribution in [1.82, 2.24) is 0 Å².